The predicted molar refractivity (Wildman–Crippen MR) is 108 cm³/mol. The van der Waals surface area contributed by atoms with Gasteiger partial charge in [0, 0.05) is 24.7 Å². The molecule has 0 aliphatic carbocycles. The number of nitrogens with two attached hydrogens (primary N) is 1. The smallest absolute Gasteiger partial charge is 0.330 e. The summed E-state index contributed by atoms with van der Waals surface area (Å²) in [5, 5.41) is 9.14. The second-order valence-corrected chi connectivity index (χ2v) is 6.46. The van der Waals surface area contributed by atoms with Crippen molar-refractivity contribution in [1.29, 1.82) is 0 Å². The summed E-state index contributed by atoms with van der Waals surface area (Å²) in [4.78, 5) is 26.5. The summed E-state index contributed by atoms with van der Waals surface area (Å²) in [6, 6.07) is 16.8. The van der Waals surface area contributed by atoms with E-state index in [0.717, 1.165) is 5.56 Å². The van der Waals surface area contributed by atoms with E-state index in [-0.39, 0.29) is 19.9 Å². The normalized spacial score (nSPS) is 11.9. The van der Waals surface area contributed by atoms with Gasteiger partial charge in [0.1, 0.15) is 18.2 Å². The van der Waals surface area contributed by atoms with Crippen LogP contribution in [0.3, 0.4) is 0 Å². The lowest BCUT2D eigenvalue weighted by Crippen LogP contribution is -2.35. The highest BCUT2D eigenvalue weighted by Gasteiger charge is 2.10. The van der Waals surface area contributed by atoms with Crippen LogP contribution in [-0.4, -0.2) is 33.9 Å². The number of aliphatic hydroxyl groups is 1. The van der Waals surface area contributed by atoms with Gasteiger partial charge in [-0.1, -0.05) is 30.3 Å². The van der Waals surface area contributed by atoms with Crippen molar-refractivity contribution >= 4 is 0 Å². The van der Waals surface area contributed by atoms with Crippen molar-refractivity contribution < 1.29 is 14.6 Å². The summed E-state index contributed by atoms with van der Waals surface area (Å²) in [5.74, 6) is 1.36. The molecule has 0 saturated heterocycles. The van der Waals surface area contributed by atoms with Crippen LogP contribution < -0.4 is 21.7 Å². The lowest BCUT2D eigenvalue weighted by Gasteiger charge is -2.14. The van der Waals surface area contributed by atoms with Crippen LogP contribution in [0.2, 0.25) is 0 Å². The number of aromatic amines is 1. The van der Waals surface area contributed by atoms with Crippen molar-refractivity contribution in [2.45, 2.75) is 19.3 Å². The molecule has 0 radical (unpaired) electrons. The minimum absolute atomic E-state index is 0.121. The summed E-state index contributed by atoms with van der Waals surface area (Å²) >= 11 is 0. The minimum atomic E-state index is -0.589. The van der Waals surface area contributed by atoms with Crippen LogP contribution >= 0.6 is 0 Å². The van der Waals surface area contributed by atoms with E-state index in [4.69, 9.17) is 20.3 Å². The Labute approximate surface area is 167 Å². The number of rotatable bonds is 9. The number of nitrogens with one attached hydrogen (secondary N) is 1. The molecule has 0 amide bonds. The molecule has 3 rings (SSSR count). The van der Waals surface area contributed by atoms with Crippen LogP contribution in [0.25, 0.3) is 0 Å². The maximum atomic E-state index is 12.2. The standard InChI is InChI=1S/C21H23N3O5/c22-11-19(13-25)28-14-24-12-16(20(26)23-21(24)27)9-15-5-4-8-18(10-15)29-17-6-2-1-3-7-17/h1-8,10,12,19,25H,9,11,13-14,22H2,(H,23,26,27). The minimum Gasteiger partial charge on any atom is -0.457 e. The van der Waals surface area contributed by atoms with E-state index < -0.39 is 17.4 Å². The molecule has 0 aliphatic rings. The third kappa shape index (κ3) is 5.64. The molecule has 0 saturated carbocycles. The van der Waals surface area contributed by atoms with Crippen molar-refractivity contribution in [2.75, 3.05) is 13.2 Å². The third-order valence-corrected chi connectivity index (χ3v) is 4.27. The lowest BCUT2D eigenvalue weighted by atomic mass is 10.1. The zero-order valence-corrected chi connectivity index (χ0v) is 15.8. The second kappa shape index (κ2) is 9.83. The molecule has 8 heteroatoms. The lowest BCUT2D eigenvalue weighted by molar-refractivity contribution is -0.0200. The van der Waals surface area contributed by atoms with E-state index >= 15 is 0 Å². The van der Waals surface area contributed by atoms with E-state index in [2.05, 4.69) is 4.98 Å². The van der Waals surface area contributed by atoms with Crippen LogP contribution in [0, 0.1) is 0 Å². The number of H-pyrrole nitrogens is 1. The summed E-state index contributed by atoms with van der Waals surface area (Å²) in [6.45, 7) is -0.256. The van der Waals surface area contributed by atoms with Crippen molar-refractivity contribution in [3.8, 4) is 11.5 Å². The molecule has 1 aromatic heterocycles. The Kier molecular flexibility index (Phi) is 6.96. The first-order chi connectivity index (χ1) is 14.1. The van der Waals surface area contributed by atoms with Gasteiger partial charge in [0.15, 0.2) is 0 Å². The fourth-order valence-corrected chi connectivity index (χ4v) is 2.72. The summed E-state index contributed by atoms with van der Waals surface area (Å²) in [5.41, 5.74) is 5.67. The van der Waals surface area contributed by atoms with Crippen molar-refractivity contribution in [3.63, 3.8) is 0 Å². The molecule has 1 heterocycles. The Bertz CT molecular complexity index is 1040. The van der Waals surface area contributed by atoms with Crippen molar-refractivity contribution in [1.82, 2.24) is 9.55 Å². The van der Waals surface area contributed by atoms with E-state index in [0.29, 0.717) is 23.5 Å². The van der Waals surface area contributed by atoms with Gasteiger partial charge in [-0.2, -0.15) is 0 Å². The molecule has 152 valence electrons. The van der Waals surface area contributed by atoms with Gasteiger partial charge in [-0.05, 0) is 29.8 Å². The van der Waals surface area contributed by atoms with Gasteiger partial charge >= 0.3 is 5.69 Å². The Morgan fingerprint density at radius 3 is 2.55 bits per heavy atom. The Hall–Kier alpha value is -3.20. The first-order valence-corrected chi connectivity index (χ1v) is 9.16. The number of benzene rings is 2. The maximum absolute atomic E-state index is 12.2. The first-order valence-electron chi connectivity index (χ1n) is 9.16. The Morgan fingerprint density at radius 1 is 1.07 bits per heavy atom. The topological polar surface area (TPSA) is 120 Å². The SMILES string of the molecule is NCC(CO)OCn1cc(Cc2cccc(Oc3ccccc3)c2)c(=O)[nH]c1=O. The van der Waals surface area contributed by atoms with Crippen molar-refractivity contribution in [2.24, 2.45) is 5.73 Å². The van der Waals surface area contributed by atoms with Crippen LogP contribution in [-0.2, 0) is 17.9 Å². The number of para-hydroxylation sites is 1. The third-order valence-electron chi connectivity index (χ3n) is 4.27. The molecule has 2 aromatic carbocycles. The quantitative estimate of drug-likeness (QED) is 0.499. The largest absolute Gasteiger partial charge is 0.457 e. The predicted octanol–water partition coefficient (Wildman–Crippen LogP) is 1.21. The van der Waals surface area contributed by atoms with E-state index in [1.807, 2.05) is 54.6 Å². The van der Waals surface area contributed by atoms with Gasteiger partial charge in [0.25, 0.3) is 5.56 Å². The number of hydrogen-bond donors (Lipinski definition) is 3. The van der Waals surface area contributed by atoms with Crippen LogP contribution in [0.15, 0.2) is 70.4 Å². The first kappa shape index (κ1) is 20.5. The molecular weight excluding hydrogens is 374 g/mol. The molecule has 0 fully saturated rings. The maximum Gasteiger partial charge on any atom is 0.330 e. The summed E-state index contributed by atoms with van der Waals surface area (Å²) < 4.78 is 12.4. The molecule has 0 spiro atoms. The van der Waals surface area contributed by atoms with Crippen LogP contribution in [0.1, 0.15) is 11.1 Å². The van der Waals surface area contributed by atoms with Crippen LogP contribution in [0.5, 0.6) is 11.5 Å². The molecule has 0 aliphatic heterocycles. The highest BCUT2D eigenvalue weighted by Crippen LogP contribution is 2.22. The zero-order chi connectivity index (χ0) is 20.6. The van der Waals surface area contributed by atoms with Crippen molar-refractivity contribution in [3.05, 3.63) is 92.8 Å². The Balaban J connectivity index is 1.77. The summed E-state index contributed by atoms with van der Waals surface area (Å²) in [7, 11) is 0. The average Bonchev–Trinajstić information content (AvgIpc) is 2.73. The highest BCUT2D eigenvalue weighted by atomic mass is 16.5. The molecule has 29 heavy (non-hydrogen) atoms. The zero-order valence-electron chi connectivity index (χ0n) is 15.8. The van der Waals surface area contributed by atoms with Gasteiger partial charge in [-0.15, -0.1) is 0 Å². The number of nitrogens with zero attached hydrogens (tertiary/aromatic N) is 1. The number of ether oxygens (including phenoxy) is 2. The monoisotopic (exact) mass is 397 g/mol. The fourth-order valence-electron chi connectivity index (χ4n) is 2.72. The van der Waals surface area contributed by atoms with E-state index in [1.165, 1.54) is 10.8 Å². The molecule has 8 nitrogen and oxygen atoms in total. The number of aromatic nitrogens is 2. The molecule has 4 N–H and O–H groups in total. The fraction of sp³-hybridized carbons (Fsp3) is 0.238. The van der Waals surface area contributed by atoms with Gasteiger partial charge in [-0.3, -0.25) is 14.3 Å². The van der Waals surface area contributed by atoms with E-state index in [1.54, 1.807) is 0 Å². The molecule has 1 unspecified atom stereocenters. The van der Waals surface area contributed by atoms with Crippen LogP contribution in [0.4, 0.5) is 0 Å². The van der Waals surface area contributed by atoms with E-state index in [9.17, 15) is 9.59 Å². The molecule has 0 bridgehead atoms. The molecule has 1 atom stereocenters. The number of aliphatic hydroxyl groups excluding tert-OH is 1. The molecule has 3 aromatic rings. The molecular formula is C21H23N3O5. The van der Waals surface area contributed by atoms with Gasteiger partial charge < -0.3 is 20.3 Å². The van der Waals surface area contributed by atoms with Gasteiger partial charge in [-0.25, -0.2) is 4.79 Å². The highest BCUT2D eigenvalue weighted by molar-refractivity contribution is 5.35. The number of hydrogen-bond acceptors (Lipinski definition) is 6. The van der Waals surface area contributed by atoms with Gasteiger partial charge in [0.2, 0.25) is 0 Å². The summed E-state index contributed by atoms with van der Waals surface area (Å²) in [6.07, 6.45) is 1.18. The second-order valence-electron chi connectivity index (χ2n) is 6.46. The van der Waals surface area contributed by atoms with Gasteiger partial charge in [0.05, 0.1) is 12.7 Å². The average molecular weight is 397 g/mol. The Morgan fingerprint density at radius 2 is 1.83 bits per heavy atom.